The number of nitrogens with two attached hydrogens (primary N) is 1. The second-order valence-electron chi connectivity index (χ2n) is 5.57. The molecule has 1 aromatic rings. The molecule has 2 rings (SSSR count). The quantitative estimate of drug-likeness (QED) is 0.664. The Balaban J connectivity index is 2.14. The third kappa shape index (κ3) is 3.47. The van der Waals surface area contributed by atoms with Crippen molar-refractivity contribution in [3.05, 3.63) is 23.8 Å². The Morgan fingerprint density at radius 2 is 2.29 bits per heavy atom. The summed E-state index contributed by atoms with van der Waals surface area (Å²) in [4.78, 5) is 16.3. The topological polar surface area (TPSA) is 58.8 Å². The van der Waals surface area contributed by atoms with E-state index in [9.17, 15) is 4.79 Å². The summed E-state index contributed by atoms with van der Waals surface area (Å²) in [5.41, 5.74) is 8.18. The van der Waals surface area contributed by atoms with Crippen LogP contribution in [0.2, 0.25) is 0 Å². The highest BCUT2D eigenvalue weighted by Gasteiger charge is 2.24. The van der Waals surface area contributed by atoms with Gasteiger partial charge in [0.05, 0.1) is 24.0 Å². The lowest BCUT2D eigenvalue weighted by Gasteiger charge is -2.29. The van der Waals surface area contributed by atoms with Gasteiger partial charge in [-0.25, -0.2) is 4.79 Å². The molecule has 5 nitrogen and oxygen atoms in total. The zero-order chi connectivity index (χ0) is 15.4. The maximum absolute atomic E-state index is 11.7. The summed E-state index contributed by atoms with van der Waals surface area (Å²) in [5, 5.41) is 0. The Labute approximate surface area is 126 Å². The summed E-state index contributed by atoms with van der Waals surface area (Å²) in [6, 6.07) is 5.84. The Kier molecular flexibility index (Phi) is 5.07. The van der Waals surface area contributed by atoms with Gasteiger partial charge >= 0.3 is 5.97 Å². The Morgan fingerprint density at radius 1 is 1.52 bits per heavy atom. The van der Waals surface area contributed by atoms with Crippen LogP contribution in [0.3, 0.4) is 0 Å². The van der Waals surface area contributed by atoms with Crippen molar-refractivity contribution in [2.45, 2.75) is 25.8 Å². The zero-order valence-corrected chi connectivity index (χ0v) is 13.1. The first-order chi connectivity index (χ1) is 10.1. The first kappa shape index (κ1) is 15.6. The molecule has 1 fully saturated rings. The fourth-order valence-corrected chi connectivity index (χ4v) is 3.05. The zero-order valence-electron chi connectivity index (χ0n) is 13.1. The van der Waals surface area contributed by atoms with E-state index in [-0.39, 0.29) is 5.97 Å². The lowest BCUT2D eigenvalue weighted by atomic mass is 10.1. The van der Waals surface area contributed by atoms with Gasteiger partial charge in [-0.15, -0.1) is 0 Å². The third-order valence-electron chi connectivity index (χ3n) is 4.25. The van der Waals surface area contributed by atoms with Crippen LogP contribution in [0.15, 0.2) is 18.2 Å². The van der Waals surface area contributed by atoms with Crippen molar-refractivity contribution >= 4 is 17.3 Å². The number of nitrogen functional groups attached to an aromatic ring is 1. The molecule has 0 saturated carbocycles. The molecular weight excluding hydrogens is 266 g/mol. The number of esters is 1. The van der Waals surface area contributed by atoms with Gasteiger partial charge in [-0.3, -0.25) is 4.90 Å². The molecule has 5 heteroatoms. The van der Waals surface area contributed by atoms with E-state index in [1.807, 2.05) is 13.1 Å². The Hall–Kier alpha value is -1.75. The van der Waals surface area contributed by atoms with Gasteiger partial charge in [0.1, 0.15) is 0 Å². The Morgan fingerprint density at radius 3 is 2.95 bits per heavy atom. The van der Waals surface area contributed by atoms with Crippen LogP contribution in [0.4, 0.5) is 11.4 Å². The van der Waals surface area contributed by atoms with Crippen molar-refractivity contribution in [3.63, 3.8) is 0 Å². The fraction of sp³-hybridized carbons (Fsp3) is 0.562. The van der Waals surface area contributed by atoms with Gasteiger partial charge in [0.2, 0.25) is 0 Å². The van der Waals surface area contributed by atoms with Crippen molar-refractivity contribution in [2.24, 2.45) is 0 Å². The SMILES string of the molecule is CCN1CCCC1CN(C)c1cc(C(=O)OC)ccc1N. The highest BCUT2D eigenvalue weighted by atomic mass is 16.5. The highest BCUT2D eigenvalue weighted by molar-refractivity contribution is 5.92. The molecule has 1 aliphatic rings. The molecule has 1 atom stereocenters. The highest BCUT2D eigenvalue weighted by Crippen LogP contribution is 2.26. The number of nitrogens with zero attached hydrogens (tertiary/aromatic N) is 2. The number of likely N-dealkylation sites (N-methyl/N-ethyl adjacent to an activating group) is 2. The molecule has 0 aliphatic carbocycles. The molecule has 0 amide bonds. The minimum absolute atomic E-state index is 0.333. The van der Waals surface area contributed by atoms with E-state index >= 15 is 0 Å². The molecule has 2 N–H and O–H groups in total. The lowest BCUT2D eigenvalue weighted by Crippen LogP contribution is -2.39. The summed E-state index contributed by atoms with van der Waals surface area (Å²) in [5.74, 6) is -0.333. The Bertz CT molecular complexity index is 504. The normalized spacial score (nSPS) is 18.7. The summed E-state index contributed by atoms with van der Waals surface area (Å²) in [6.07, 6.45) is 2.47. The number of carbonyl (C=O) groups is 1. The van der Waals surface area contributed by atoms with Gasteiger partial charge in [-0.05, 0) is 44.1 Å². The van der Waals surface area contributed by atoms with E-state index in [2.05, 4.69) is 16.7 Å². The van der Waals surface area contributed by atoms with E-state index in [0.717, 1.165) is 18.8 Å². The van der Waals surface area contributed by atoms with E-state index in [1.165, 1.54) is 26.5 Å². The van der Waals surface area contributed by atoms with E-state index in [0.29, 0.717) is 17.3 Å². The second kappa shape index (κ2) is 6.80. The van der Waals surface area contributed by atoms with Crippen molar-refractivity contribution in [1.29, 1.82) is 0 Å². The van der Waals surface area contributed by atoms with Crippen molar-refractivity contribution < 1.29 is 9.53 Å². The molecule has 1 aliphatic heterocycles. The molecule has 0 spiro atoms. The molecule has 0 aromatic heterocycles. The standard InChI is InChI=1S/C16H25N3O2/c1-4-19-9-5-6-13(19)11-18(2)15-10-12(16(20)21-3)7-8-14(15)17/h7-8,10,13H,4-6,9,11,17H2,1-3H3. The van der Waals surface area contributed by atoms with Gasteiger partial charge < -0.3 is 15.4 Å². The van der Waals surface area contributed by atoms with Crippen LogP contribution in [0, 0.1) is 0 Å². The van der Waals surface area contributed by atoms with Gasteiger partial charge in [-0.2, -0.15) is 0 Å². The third-order valence-corrected chi connectivity index (χ3v) is 4.25. The van der Waals surface area contributed by atoms with Crippen LogP contribution in [0.25, 0.3) is 0 Å². The van der Waals surface area contributed by atoms with Crippen LogP contribution in [0.5, 0.6) is 0 Å². The summed E-state index contributed by atoms with van der Waals surface area (Å²) in [6.45, 7) is 5.37. The number of hydrogen-bond acceptors (Lipinski definition) is 5. The average molecular weight is 291 g/mol. The van der Waals surface area contributed by atoms with Crippen molar-refractivity contribution in [3.8, 4) is 0 Å². The molecule has 116 valence electrons. The first-order valence-electron chi connectivity index (χ1n) is 7.49. The minimum Gasteiger partial charge on any atom is -0.465 e. The minimum atomic E-state index is -0.333. The number of likely N-dealkylation sites (tertiary alicyclic amines) is 1. The summed E-state index contributed by atoms with van der Waals surface area (Å²) < 4.78 is 4.77. The largest absolute Gasteiger partial charge is 0.465 e. The van der Waals surface area contributed by atoms with E-state index in [1.54, 1.807) is 12.1 Å². The summed E-state index contributed by atoms with van der Waals surface area (Å²) >= 11 is 0. The van der Waals surface area contributed by atoms with Gasteiger partial charge in [0.25, 0.3) is 0 Å². The second-order valence-corrected chi connectivity index (χ2v) is 5.57. The van der Waals surface area contributed by atoms with Gasteiger partial charge in [0, 0.05) is 19.6 Å². The molecular formula is C16H25N3O2. The smallest absolute Gasteiger partial charge is 0.337 e. The fourth-order valence-electron chi connectivity index (χ4n) is 3.05. The molecule has 0 radical (unpaired) electrons. The molecule has 1 aromatic carbocycles. The van der Waals surface area contributed by atoms with E-state index < -0.39 is 0 Å². The maximum Gasteiger partial charge on any atom is 0.337 e. The predicted octanol–water partition coefficient (Wildman–Crippen LogP) is 1.98. The van der Waals surface area contributed by atoms with E-state index in [4.69, 9.17) is 10.5 Å². The average Bonchev–Trinajstić information content (AvgIpc) is 2.93. The van der Waals surface area contributed by atoms with Crippen molar-refractivity contribution in [1.82, 2.24) is 4.90 Å². The van der Waals surface area contributed by atoms with Crippen LogP contribution in [-0.2, 0) is 4.74 Å². The van der Waals surface area contributed by atoms with Crippen LogP contribution in [0.1, 0.15) is 30.1 Å². The molecule has 0 bridgehead atoms. The van der Waals surface area contributed by atoms with Crippen molar-refractivity contribution in [2.75, 3.05) is 44.4 Å². The number of ether oxygens (including phenoxy) is 1. The van der Waals surface area contributed by atoms with Gasteiger partial charge in [-0.1, -0.05) is 6.92 Å². The van der Waals surface area contributed by atoms with Crippen LogP contribution < -0.4 is 10.6 Å². The number of methoxy groups -OCH3 is 1. The molecule has 1 unspecified atom stereocenters. The number of anilines is 2. The monoisotopic (exact) mass is 291 g/mol. The molecule has 1 heterocycles. The van der Waals surface area contributed by atoms with Gasteiger partial charge in [0.15, 0.2) is 0 Å². The van der Waals surface area contributed by atoms with Crippen LogP contribution in [-0.4, -0.2) is 50.7 Å². The molecule has 1 saturated heterocycles. The maximum atomic E-state index is 11.7. The molecule has 21 heavy (non-hydrogen) atoms. The number of rotatable bonds is 5. The number of carbonyl (C=O) groups excluding carboxylic acids is 1. The number of hydrogen-bond donors (Lipinski definition) is 1. The first-order valence-corrected chi connectivity index (χ1v) is 7.49. The lowest BCUT2D eigenvalue weighted by molar-refractivity contribution is 0.0601. The predicted molar refractivity (Wildman–Crippen MR) is 85.7 cm³/mol. The number of benzene rings is 1. The summed E-state index contributed by atoms with van der Waals surface area (Å²) in [7, 11) is 3.42. The van der Waals surface area contributed by atoms with Crippen LogP contribution >= 0.6 is 0 Å².